The van der Waals surface area contributed by atoms with Gasteiger partial charge >= 0.3 is 0 Å². The van der Waals surface area contributed by atoms with Crippen LogP contribution < -0.4 is 5.32 Å². The van der Waals surface area contributed by atoms with Crippen LogP contribution in [0.1, 0.15) is 52.9 Å². The minimum atomic E-state index is -0.0445. The summed E-state index contributed by atoms with van der Waals surface area (Å²) < 4.78 is 0. The topological polar surface area (TPSA) is 46.2 Å². The zero-order valence-corrected chi connectivity index (χ0v) is 10.1. The van der Waals surface area contributed by atoms with E-state index in [0.29, 0.717) is 6.42 Å². The van der Waals surface area contributed by atoms with Crippen molar-refractivity contribution in [3.63, 3.8) is 0 Å². The molecule has 0 saturated carbocycles. The smallest absolute Gasteiger partial charge is 0.222 e. The predicted octanol–water partition coefficient (Wildman–Crippen LogP) is 2.30. The van der Waals surface area contributed by atoms with Gasteiger partial charge < -0.3 is 5.32 Å². The lowest BCUT2D eigenvalue weighted by molar-refractivity contribution is -0.127. The molecule has 0 aliphatic heterocycles. The highest BCUT2D eigenvalue weighted by Gasteiger charge is 2.08. The van der Waals surface area contributed by atoms with Gasteiger partial charge in [-0.2, -0.15) is 0 Å². The highest BCUT2D eigenvalue weighted by molar-refractivity contribution is 5.86. The summed E-state index contributed by atoms with van der Waals surface area (Å²) in [4.78, 5) is 22.5. The molecule has 0 atom stereocenters. The molecule has 3 heteroatoms. The fourth-order valence-electron chi connectivity index (χ4n) is 1.23. The van der Waals surface area contributed by atoms with Crippen molar-refractivity contribution in [2.75, 3.05) is 6.54 Å². The first-order valence-electron chi connectivity index (χ1n) is 5.87. The Bertz CT molecular complexity index is 200. The van der Waals surface area contributed by atoms with E-state index in [4.69, 9.17) is 0 Å². The van der Waals surface area contributed by atoms with E-state index >= 15 is 0 Å². The lowest BCUT2D eigenvalue weighted by Crippen LogP contribution is -2.32. The maximum atomic E-state index is 11.3. The summed E-state index contributed by atoms with van der Waals surface area (Å²) in [6.07, 6.45) is 5.02. The van der Waals surface area contributed by atoms with Crippen LogP contribution in [0.5, 0.6) is 0 Å². The molecular weight excluding hydrogens is 190 g/mol. The number of carbonyl (C=O) groups is 2. The monoisotopic (exact) mass is 213 g/mol. The third-order valence-electron chi connectivity index (χ3n) is 2.29. The van der Waals surface area contributed by atoms with Crippen LogP contribution in [0.4, 0.5) is 0 Å². The number of hydrogen-bond donors (Lipinski definition) is 1. The van der Waals surface area contributed by atoms with Crippen molar-refractivity contribution in [1.29, 1.82) is 0 Å². The van der Waals surface area contributed by atoms with Crippen LogP contribution >= 0.6 is 0 Å². The van der Waals surface area contributed by atoms with Crippen LogP contribution in [0.15, 0.2) is 0 Å². The maximum Gasteiger partial charge on any atom is 0.222 e. The number of rotatable bonds is 8. The molecule has 0 unspecified atom stereocenters. The van der Waals surface area contributed by atoms with Crippen LogP contribution in [0, 0.1) is 5.92 Å². The largest absolute Gasteiger partial charge is 0.349 e. The summed E-state index contributed by atoms with van der Waals surface area (Å²) in [5.74, 6) is 0.0508. The summed E-state index contributed by atoms with van der Waals surface area (Å²) in [7, 11) is 0. The number of ketones is 1. The molecule has 88 valence electrons. The average Bonchev–Trinajstić information content (AvgIpc) is 2.20. The van der Waals surface area contributed by atoms with Gasteiger partial charge in [0.2, 0.25) is 5.91 Å². The molecule has 0 aromatic heterocycles. The molecule has 0 aliphatic rings. The number of carbonyl (C=O) groups excluding carboxylic acids is 2. The molecule has 0 rings (SSSR count). The van der Waals surface area contributed by atoms with Crippen LogP contribution in [0.3, 0.4) is 0 Å². The van der Waals surface area contributed by atoms with E-state index in [-0.39, 0.29) is 24.2 Å². The quantitative estimate of drug-likeness (QED) is 0.629. The average molecular weight is 213 g/mol. The van der Waals surface area contributed by atoms with Crippen LogP contribution in [0.2, 0.25) is 0 Å². The number of Topliss-reactive ketones (excluding diaryl/α,β-unsaturated/α-hetero) is 1. The highest BCUT2D eigenvalue weighted by atomic mass is 16.2. The van der Waals surface area contributed by atoms with Crippen molar-refractivity contribution in [3.05, 3.63) is 0 Å². The van der Waals surface area contributed by atoms with Crippen molar-refractivity contribution in [1.82, 2.24) is 5.32 Å². The number of amides is 1. The van der Waals surface area contributed by atoms with Crippen LogP contribution in [0.25, 0.3) is 0 Å². The van der Waals surface area contributed by atoms with Gasteiger partial charge in [-0.05, 0) is 6.42 Å². The van der Waals surface area contributed by atoms with Crippen LogP contribution in [-0.4, -0.2) is 18.2 Å². The zero-order chi connectivity index (χ0) is 11.7. The Morgan fingerprint density at radius 3 is 2.33 bits per heavy atom. The summed E-state index contributed by atoms with van der Waals surface area (Å²) in [6.45, 7) is 5.98. The summed E-state index contributed by atoms with van der Waals surface area (Å²) in [5.41, 5.74) is 0. The Hall–Kier alpha value is -0.860. The first kappa shape index (κ1) is 14.1. The summed E-state index contributed by atoms with van der Waals surface area (Å²) in [5, 5.41) is 2.63. The van der Waals surface area contributed by atoms with E-state index < -0.39 is 0 Å². The third kappa shape index (κ3) is 8.16. The number of unbranched alkanes of at least 4 members (excludes halogenated alkanes) is 3. The molecule has 0 saturated heterocycles. The fraction of sp³-hybridized carbons (Fsp3) is 0.833. The van der Waals surface area contributed by atoms with Crippen molar-refractivity contribution in [2.45, 2.75) is 52.9 Å². The van der Waals surface area contributed by atoms with Crippen molar-refractivity contribution >= 4 is 11.7 Å². The first-order chi connectivity index (χ1) is 7.07. The SMILES string of the molecule is CCCCCCC(=O)CNC(=O)C(C)C. The van der Waals surface area contributed by atoms with Gasteiger partial charge in [0.25, 0.3) is 0 Å². The third-order valence-corrected chi connectivity index (χ3v) is 2.29. The normalized spacial score (nSPS) is 10.4. The predicted molar refractivity (Wildman–Crippen MR) is 61.6 cm³/mol. The van der Waals surface area contributed by atoms with Gasteiger partial charge in [-0.25, -0.2) is 0 Å². The number of hydrogen-bond acceptors (Lipinski definition) is 2. The minimum absolute atomic E-state index is 0.0436. The van der Waals surface area contributed by atoms with Gasteiger partial charge in [0.15, 0.2) is 5.78 Å². The van der Waals surface area contributed by atoms with Crippen molar-refractivity contribution < 1.29 is 9.59 Å². The second-order valence-corrected chi connectivity index (χ2v) is 4.22. The molecule has 0 bridgehead atoms. The Balaban J connectivity index is 3.45. The van der Waals surface area contributed by atoms with Gasteiger partial charge in [0.05, 0.1) is 6.54 Å². The lowest BCUT2D eigenvalue weighted by Gasteiger charge is -2.06. The molecule has 15 heavy (non-hydrogen) atoms. The Labute approximate surface area is 92.6 Å². The molecule has 0 aliphatic carbocycles. The summed E-state index contributed by atoms with van der Waals surface area (Å²) in [6, 6.07) is 0. The zero-order valence-electron chi connectivity index (χ0n) is 10.1. The van der Waals surface area contributed by atoms with Gasteiger partial charge in [-0.3, -0.25) is 9.59 Å². The van der Waals surface area contributed by atoms with Crippen LogP contribution in [-0.2, 0) is 9.59 Å². The van der Waals surface area contributed by atoms with E-state index in [1.165, 1.54) is 12.8 Å². The molecule has 0 heterocycles. The molecular formula is C12H23NO2. The lowest BCUT2D eigenvalue weighted by atomic mass is 10.1. The van der Waals surface area contributed by atoms with E-state index in [9.17, 15) is 9.59 Å². The Morgan fingerprint density at radius 1 is 1.13 bits per heavy atom. The Kier molecular flexibility index (Phi) is 7.96. The summed E-state index contributed by atoms with van der Waals surface area (Å²) >= 11 is 0. The van der Waals surface area contributed by atoms with Gasteiger partial charge in [-0.1, -0.05) is 40.0 Å². The maximum absolute atomic E-state index is 11.3. The second-order valence-electron chi connectivity index (χ2n) is 4.22. The molecule has 0 aromatic carbocycles. The Morgan fingerprint density at radius 2 is 1.80 bits per heavy atom. The molecule has 3 nitrogen and oxygen atoms in total. The van der Waals surface area contributed by atoms with Crippen molar-refractivity contribution in [3.8, 4) is 0 Å². The number of nitrogens with one attached hydrogen (secondary N) is 1. The molecule has 1 N–H and O–H groups in total. The minimum Gasteiger partial charge on any atom is -0.349 e. The first-order valence-corrected chi connectivity index (χ1v) is 5.87. The second kappa shape index (κ2) is 8.45. The van der Waals surface area contributed by atoms with Gasteiger partial charge in [-0.15, -0.1) is 0 Å². The standard InChI is InChI=1S/C12H23NO2/c1-4-5-6-7-8-11(14)9-13-12(15)10(2)3/h10H,4-9H2,1-3H3,(H,13,15). The molecule has 0 radical (unpaired) electrons. The van der Waals surface area contributed by atoms with Crippen molar-refractivity contribution in [2.24, 2.45) is 5.92 Å². The van der Waals surface area contributed by atoms with E-state index in [2.05, 4.69) is 12.2 Å². The van der Waals surface area contributed by atoms with E-state index in [0.717, 1.165) is 12.8 Å². The van der Waals surface area contributed by atoms with Gasteiger partial charge in [0, 0.05) is 12.3 Å². The van der Waals surface area contributed by atoms with E-state index in [1.807, 2.05) is 13.8 Å². The van der Waals surface area contributed by atoms with Gasteiger partial charge in [0.1, 0.15) is 0 Å². The molecule has 0 aromatic rings. The molecule has 1 amide bonds. The highest BCUT2D eigenvalue weighted by Crippen LogP contribution is 2.02. The molecule has 0 fully saturated rings. The molecule has 0 spiro atoms. The fourth-order valence-corrected chi connectivity index (χ4v) is 1.23. The van der Waals surface area contributed by atoms with E-state index in [1.54, 1.807) is 0 Å².